The van der Waals surface area contributed by atoms with Gasteiger partial charge in [-0.2, -0.15) is 0 Å². The van der Waals surface area contributed by atoms with Crippen molar-refractivity contribution in [1.29, 1.82) is 0 Å². The van der Waals surface area contributed by atoms with Gasteiger partial charge in [-0.05, 0) is 47.9 Å². The number of benzene rings is 1. The van der Waals surface area contributed by atoms with Crippen LogP contribution in [0, 0.1) is 0 Å². The minimum atomic E-state index is -1.08. The molecule has 0 atom stereocenters. The van der Waals surface area contributed by atoms with Crippen LogP contribution in [0.5, 0.6) is 0 Å². The van der Waals surface area contributed by atoms with E-state index in [0.29, 0.717) is 34.3 Å². The molecule has 0 saturated heterocycles. The molecule has 1 aliphatic carbocycles. The molecule has 0 aliphatic heterocycles. The van der Waals surface area contributed by atoms with Crippen LogP contribution in [-0.2, 0) is 10.3 Å². The topological polar surface area (TPSA) is 80.9 Å². The fraction of sp³-hybridized carbons (Fsp3) is 0.333. The van der Waals surface area contributed by atoms with E-state index < -0.39 is 11.5 Å². The molecule has 2 aromatic rings. The maximum absolute atomic E-state index is 11.6. The number of aromatic nitrogens is 4. The van der Waals surface area contributed by atoms with Crippen LogP contribution >= 0.6 is 23.2 Å². The third kappa shape index (κ3) is 1.87. The van der Waals surface area contributed by atoms with E-state index in [-0.39, 0.29) is 0 Å². The highest BCUT2D eigenvalue weighted by Gasteiger charge is 2.49. The lowest BCUT2D eigenvalue weighted by Gasteiger charge is -2.37. The van der Waals surface area contributed by atoms with E-state index >= 15 is 0 Å². The summed E-state index contributed by atoms with van der Waals surface area (Å²) in [5.74, 6) is -0.616. The van der Waals surface area contributed by atoms with Crippen molar-refractivity contribution in [1.82, 2.24) is 20.2 Å². The van der Waals surface area contributed by atoms with Crippen LogP contribution in [0.4, 0.5) is 0 Å². The molecular formula is C12H10Cl2N4O2. The Hall–Kier alpha value is -1.66. The van der Waals surface area contributed by atoms with Gasteiger partial charge < -0.3 is 5.11 Å². The standard InChI is InChI=1S/C12H10Cl2N4O2/c13-7-2-3-9(14)8(6-7)10-15-16-17-18(10)12(11(19)20)4-1-5-12/h2-3,6H,1,4-5H2,(H,19,20). The third-order valence-corrected chi connectivity index (χ3v) is 4.19. The number of nitrogens with zero attached hydrogens (tertiary/aromatic N) is 4. The van der Waals surface area contributed by atoms with E-state index in [9.17, 15) is 9.90 Å². The quantitative estimate of drug-likeness (QED) is 0.942. The van der Waals surface area contributed by atoms with E-state index in [1.165, 1.54) is 4.68 Å². The van der Waals surface area contributed by atoms with Crippen molar-refractivity contribution < 1.29 is 9.90 Å². The smallest absolute Gasteiger partial charge is 0.331 e. The Morgan fingerprint density at radius 3 is 2.70 bits per heavy atom. The molecule has 6 nitrogen and oxygen atoms in total. The number of aliphatic carboxylic acids is 1. The first-order chi connectivity index (χ1) is 9.54. The lowest BCUT2D eigenvalue weighted by atomic mass is 9.76. The second-order valence-corrected chi connectivity index (χ2v) is 5.57. The van der Waals surface area contributed by atoms with Gasteiger partial charge in [0, 0.05) is 10.6 Å². The van der Waals surface area contributed by atoms with Crippen molar-refractivity contribution in [2.45, 2.75) is 24.8 Å². The van der Waals surface area contributed by atoms with E-state index in [4.69, 9.17) is 23.2 Å². The number of carbonyl (C=O) groups is 1. The monoisotopic (exact) mass is 312 g/mol. The second-order valence-electron chi connectivity index (χ2n) is 4.73. The fourth-order valence-electron chi connectivity index (χ4n) is 2.34. The van der Waals surface area contributed by atoms with Crippen molar-refractivity contribution in [3.63, 3.8) is 0 Å². The Balaban J connectivity index is 2.16. The maximum atomic E-state index is 11.6. The lowest BCUT2D eigenvalue weighted by molar-refractivity contribution is -0.153. The van der Waals surface area contributed by atoms with E-state index in [0.717, 1.165) is 6.42 Å². The molecule has 1 aliphatic rings. The minimum absolute atomic E-state index is 0.319. The van der Waals surface area contributed by atoms with Crippen molar-refractivity contribution in [2.24, 2.45) is 0 Å². The van der Waals surface area contributed by atoms with Crippen LogP contribution in [0.15, 0.2) is 18.2 Å². The number of carboxylic acids is 1. The highest BCUT2D eigenvalue weighted by atomic mass is 35.5. The van der Waals surface area contributed by atoms with Gasteiger partial charge in [-0.25, -0.2) is 9.48 Å². The number of halogens is 2. The summed E-state index contributed by atoms with van der Waals surface area (Å²) < 4.78 is 1.34. The molecule has 3 rings (SSSR count). The number of carboxylic acid groups (broad SMARTS) is 1. The molecule has 1 N–H and O–H groups in total. The van der Waals surface area contributed by atoms with Gasteiger partial charge in [0.1, 0.15) is 0 Å². The third-order valence-electron chi connectivity index (χ3n) is 3.62. The van der Waals surface area contributed by atoms with Crippen LogP contribution in [0.25, 0.3) is 11.4 Å². The van der Waals surface area contributed by atoms with Crippen LogP contribution in [0.1, 0.15) is 19.3 Å². The Morgan fingerprint density at radius 1 is 1.35 bits per heavy atom. The molecule has 0 spiro atoms. The van der Waals surface area contributed by atoms with Crippen molar-refractivity contribution >= 4 is 29.2 Å². The number of hydrogen-bond donors (Lipinski definition) is 1. The van der Waals surface area contributed by atoms with Crippen molar-refractivity contribution in [3.05, 3.63) is 28.2 Å². The van der Waals surface area contributed by atoms with E-state index in [1.807, 2.05) is 0 Å². The molecule has 1 saturated carbocycles. The molecule has 1 heterocycles. The summed E-state index contributed by atoms with van der Waals surface area (Å²) in [5, 5.41) is 21.7. The largest absolute Gasteiger partial charge is 0.479 e. The normalized spacial score (nSPS) is 16.7. The molecule has 0 radical (unpaired) electrons. The molecule has 1 aromatic carbocycles. The van der Waals surface area contributed by atoms with Gasteiger partial charge in [0.2, 0.25) is 0 Å². The first kappa shape index (κ1) is 13.3. The van der Waals surface area contributed by atoms with E-state index in [2.05, 4.69) is 15.5 Å². The van der Waals surface area contributed by atoms with Crippen molar-refractivity contribution in [3.8, 4) is 11.4 Å². The molecule has 1 aromatic heterocycles. The summed E-state index contributed by atoms with van der Waals surface area (Å²) >= 11 is 12.1. The predicted octanol–water partition coefficient (Wildman–Crippen LogP) is 2.61. The fourth-order valence-corrected chi connectivity index (χ4v) is 2.71. The van der Waals surface area contributed by atoms with Gasteiger partial charge in [-0.3, -0.25) is 0 Å². The molecule has 0 bridgehead atoms. The highest BCUT2D eigenvalue weighted by molar-refractivity contribution is 6.35. The number of hydrogen-bond acceptors (Lipinski definition) is 4. The zero-order valence-electron chi connectivity index (χ0n) is 10.3. The van der Waals surface area contributed by atoms with Gasteiger partial charge in [0.25, 0.3) is 0 Å². The number of rotatable bonds is 3. The molecule has 8 heteroatoms. The zero-order valence-corrected chi connectivity index (χ0v) is 11.8. The number of tetrazole rings is 1. The summed E-state index contributed by atoms with van der Waals surface area (Å²) in [5.41, 5.74) is -0.554. The molecule has 0 unspecified atom stereocenters. The van der Waals surface area contributed by atoms with Crippen LogP contribution < -0.4 is 0 Å². The molecular weight excluding hydrogens is 303 g/mol. The molecule has 0 amide bonds. The summed E-state index contributed by atoms with van der Waals surface area (Å²) in [6, 6.07) is 4.91. The lowest BCUT2D eigenvalue weighted by Crippen LogP contribution is -2.48. The van der Waals surface area contributed by atoms with Gasteiger partial charge in [0.05, 0.1) is 5.02 Å². The summed E-state index contributed by atoms with van der Waals surface area (Å²) in [4.78, 5) is 11.6. The Morgan fingerprint density at radius 2 is 2.10 bits per heavy atom. The summed E-state index contributed by atoms with van der Waals surface area (Å²) in [6.07, 6.45) is 1.83. The molecule has 1 fully saturated rings. The maximum Gasteiger partial charge on any atom is 0.331 e. The van der Waals surface area contributed by atoms with Gasteiger partial charge in [-0.15, -0.1) is 5.10 Å². The summed E-state index contributed by atoms with van der Waals surface area (Å²) in [7, 11) is 0. The molecule has 104 valence electrons. The molecule has 20 heavy (non-hydrogen) atoms. The van der Waals surface area contributed by atoms with Crippen molar-refractivity contribution in [2.75, 3.05) is 0 Å². The van der Waals surface area contributed by atoms with Gasteiger partial charge in [-0.1, -0.05) is 23.2 Å². The SMILES string of the molecule is O=C(O)C1(n2nnnc2-c2cc(Cl)ccc2Cl)CCC1. The Kier molecular flexibility index (Phi) is 3.14. The zero-order chi connectivity index (χ0) is 14.3. The highest BCUT2D eigenvalue weighted by Crippen LogP contribution is 2.41. The summed E-state index contributed by atoms with van der Waals surface area (Å²) in [6.45, 7) is 0. The second kappa shape index (κ2) is 4.71. The van der Waals surface area contributed by atoms with Crippen LogP contribution in [-0.4, -0.2) is 31.3 Å². The Bertz CT molecular complexity index is 682. The van der Waals surface area contributed by atoms with Crippen LogP contribution in [0.2, 0.25) is 10.0 Å². The minimum Gasteiger partial charge on any atom is -0.479 e. The first-order valence-electron chi connectivity index (χ1n) is 6.02. The Labute approximate surface area is 124 Å². The van der Waals surface area contributed by atoms with Gasteiger partial charge in [0.15, 0.2) is 11.4 Å². The average Bonchev–Trinajstić information content (AvgIpc) is 2.80. The van der Waals surface area contributed by atoms with E-state index in [1.54, 1.807) is 18.2 Å². The average molecular weight is 313 g/mol. The predicted molar refractivity (Wildman–Crippen MR) is 72.7 cm³/mol. The first-order valence-corrected chi connectivity index (χ1v) is 6.78. The van der Waals surface area contributed by atoms with Crippen LogP contribution in [0.3, 0.4) is 0 Å². The van der Waals surface area contributed by atoms with Gasteiger partial charge >= 0.3 is 5.97 Å².